The first-order valence-corrected chi connectivity index (χ1v) is 10.9. The van der Waals surface area contributed by atoms with E-state index in [0.717, 1.165) is 45.3 Å². The van der Waals surface area contributed by atoms with Gasteiger partial charge in [0.15, 0.2) is 5.82 Å². The Kier molecular flexibility index (Phi) is 6.72. The molecule has 0 amide bonds. The lowest BCUT2D eigenvalue weighted by Crippen LogP contribution is -2.44. The number of hydrogen-bond acceptors (Lipinski definition) is 7. The van der Waals surface area contributed by atoms with Gasteiger partial charge in [-0.2, -0.15) is 4.98 Å². The van der Waals surface area contributed by atoms with Gasteiger partial charge in [0.25, 0.3) is 5.89 Å². The highest BCUT2D eigenvalue weighted by Crippen LogP contribution is 2.25. The largest absolute Gasteiger partial charge is 0.334 e. The van der Waals surface area contributed by atoms with E-state index in [1.165, 1.54) is 0 Å². The Morgan fingerprint density at radius 2 is 2.07 bits per heavy atom. The fourth-order valence-corrected chi connectivity index (χ4v) is 5.06. The molecule has 2 aliphatic rings. The Labute approximate surface area is 171 Å². The number of piperazine rings is 1. The van der Waals surface area contributed by atoms with Crippen molar-refractivity contribution >= 4 is 22.4 Å². The molecule has 154 valence electrons. The molecule has 2 fully saturated rings. The maximum Gasteiger partial charge on any atom is 0.258 e. The van der Waals surface area contributed by atoms with Crippen LogP contribution in [0.15, 0.2) is 33.7 Å². The lowest BCUT2D eigenvalue weighted by Gasteiger charge is -2.30. The van der Waals surface area contributed by atoms with Gasteiger partial charge in [-0.25, -0.2) is 13.1 Å². The molecule has 8 nitrogen and oxygen atoms in total. The van der Waals surface area contributed by atoms with Crippen molar-refractivity contribution < 1.29 is 12.9 Å². The molecule has 1 aromatic carbocycles. The highest BCUT2D eigenvalue weighted by atomic mass is 35.5. The van der Waals surface area contributed by atoms with Crippen molar-refractivity contribution in [2.75, 3.05) is 26.7 Å². The van der Waals surface area contributed by atoms with Gasteiger partial charge in [-0.1, -0.05) is 24.1 Å². The van der Waals surface area contributed by atoms with Crippen molar-refractivity contribution in [3.63, 3.8) is 0 Å². The summed E-state index contributed by atoms with van der Waals surface area (Å²) in [6, 6.07) is 6.76. The first-order chi connectivity index (χ1) is 13.0. The molecule has 1 aliphatic carbocycles. The topological polar surface area (TPSA) is 100 Å². The van der Waals surface area contributed by atoms with Crippen LogP contribution in [0, 0.1) is 0 Å². The zero-order chi connectivity index (χ0) is 18.9. The predicted octanol–water partition coefficient (Wildman–Crippen LogP) is 1.96. The summed E-state index contributed by atoms with van der Waals surface area (Å²) >= 11 is 0. The number of nitrogens with one attached hydrogen (secondary N) is 2. The van der Waals surface area contributed by atoms with E-state index in [1.807, 2.05) is 7.05 Å². The molecular weight excluding hydrogens is 402 g/mol. The minimum Gasteiger partial charge on any atom is -0.334 e. The van der Waals surface area contributed by atoms with Gasteiger partial charge >= 0.3 is 0 Å². The molecule has 2 N–H and O–H groups in total. The Balaban J connectivity index is 0.00000225. The van der Waals surface area contributed by atoms with E-state index < -0.39 is 10.0 Å². The summed E-state index contributed by atoms with van der Waals surface area (Å²) in [5.41, 5.74) is 0.606. The lowest BCUT2D eigenvalue weighted by atomic mass is 10.2. The first kappa shape index (κ1) is 21.2. The van der Waals surface area contributed by atoms with Crippen LogP contribution < -0.4 is 10.0 Å². The third kappa shape index (κ3) is 4.55. The summed E-state index contributed by atoms with van der Waals surface area (Å²) in [7, 11) is -1.52. The maximum atomic E-state index is 12.7. The molecule has 2 aromatic rings. The summed E-state index contributed by atoms with van der Waals surface area (Å²) < 4.78 is 33.6. The highest BCUT2D eigenvalue weighted by Gasteiger charge is 2.26. The van der Waals surface area contributed by atoms with Gasteiger partial charge in [0.1, 0.15) is 0 Å². The Bertz CT molecular complexity index is 898. The molecule has 0 radical (unpaired) electrons. The highest BCUT2D eigenvalue weighted by molar-refractivity contribution is 7.89. The second-order valence-electron chi connectivity index (χ2n) is 7.29. The Morgan fingerprint density at radius 1 is 1.29 bits per heavy atom. The van der Waals surface area contributed by atoms with Crippen molar-refractivity contribution in [2.24, 2.45) is 0 Å². The average Bonchev–Trinajstić information content (AvgIpc) is 3.34. The fraction of sp³-hybridized carbons (Fsp3) is 0.556. The zero-order valence-corrected chi connectivity index (χ0v) is 17.4. The monoisotopic (exact) mass is 427 g/mol. The summed E-state index contributed by atoms with van der Waals surface area (Å²) in [6.07, 6.45) is 3.94. The third-order valence-corrected chi connectivity index (χ3v) is 6.84. The van der Waals surface area contributed by atoms with E-state index in [4.69, 9.17) is 4.52 Å². The lowest BCUT2D eigenvalue weighted by molar-refractivity contribution is 0.190. The first-order valence-electron chi connectivity index (χ1n) is 9.40. The van der Waals surface area contributed by atoms with Crippen molar-refractivity contribution in [2.45, 2.75) is 42.7 Å². The molecule has 2 heterocycles. The SMILES string of the molecule is CN1CCNCC1c1noc(-c2cccc(S(=O)(=O)NC3CCCC3)c2)n1.Cl. The quantitative estimate of drug-likeness (QED) is 0.752. The van der Waals surface area contributed by atoms with Crippen molar-refractivity contribution in [3.05, 3.63) is 30.1 Å². The summed E-state index contributed by atoms with van der Waals surface area (Å²) in [5.74, 6) is 0.943. The number of halogens is 1. The minimum absolute atomic E-state index is 0. The fourth-order valence-electron chi connectivity index (χ4n) is 3.71. The van der Waals surface area contributed by atoms with Crippen LogP contribution in [-0.4, -0.2) is 56.2 Å². The molecule has 0 spiro atoms. The molecule has 1 atom stereocenters. The van der Waals surface area contributed by atoms with Crippen LogP contribution in [0.5, 0.6) is 0 Å². The number of aromatic nitrogens is 2. The van der Waals surface area contributed by atoms with E-state index in [9.17, 15) is 8.42 Å². The molecule has 1 aromatic heterocycles. The standard InChI is InChI=1S/C18H25N5O3S.ClH/c1-23-10-9-19-12-16(23)17-20-18(26-21-17)13-5-4-8-15(11-13)27(24,25)22-14-6-2-3-7-14;/h4-5,8,11,14,16,19,22H,2-3,6-7,9-10,12H2,1H3;1H. The summed E-state index contributed by atoms with van der Waals surface area (Å²) in [4.78, 5) is 6.91. The average molecular weight is 428 g/mol. The number of sulfonamides is 1. The van der Waals surface area contributed by atoms with Gasteiger partial charge in [-0.05, 0) is 38.1 Å². The zero-order valence-electron chi connectivity index (χ0n) is 15.8. The number of nitrogens with zero attached hydrogens (tertiary/aromatic N) is 3. The van der Waals surface area contributed by atoms with Crippen LogP contribution in [0.2, 0.25) is 0 Å². The number of rotatable bonds is 5. The van der Waals surface area contributed by atoms with Gasteiger partial charge < -0.3 is 9.84 Å². The minimum atomic E-state index is -3.55. The van der Waals surface area contributed by atoms with E-state index in [1.54, 1.807) is 24.3 Å². The molecule has 28 heavy (non-hydrogen) atoms. The molecule has 10 heteroatoms. The van der Waals surface area contributed by atoms with Gasteiger partial charge in [0, 0.05) is 31.2 Å². The van der Waals surface area contributed by atoms with Gasteiger partial charge in [0.2, 0.25) is 10.0 Å². The summed E-state index contributed by atoms with van der Waals surface area (Å²) in [6.45, 7) is 2.61. The molecule has 1 saturated carbocycles. The molecule has 4 rings (SSSR count). The molecule has 1 unspecified atom stereocenters. The van der Waals surface area contributed by atoms with Gasteiger partial charge in [0.05, 0.1) is 10.9 Å². The van der Waals surface area contributed by atoms with E-state index >= 15 is 0 Å². The van der Waals surface area contributed by atoms with E-state index in [-0.39, 0.29) is 29.4 Å². The smallest absolute Gasteiger partial charge is 0.258 e. The van der Waals surface area contributed by atoms with Crippen LogP contribution in [0.25, 0.3) is 11.5 Å². The number of hydrogen-bond donors (Lipinski definition) is 2. The van der Waals surface area contributed by atoms with E-state index in [0.29, 0.717) is 17.3 Å². The molecular formula is C18H26ClN5O3S. The second kappa shape index (κ2) is 8.87. The predicted molar refractivity (Wildman–Crippen MR) is 108 cm³/mol. The van der Waals surface area contributed by atoms with Gasteiger partial charge in [-0.3, -0.25) is 4.90 Å². The number of likely N-dealkylation sites (N-methyl/N-ethyl adjacent to an activating group) is 1. The van der Waals surface area contributed by atoms with Crippen molar-refractivity contribution in [1.82, 2.24) is 25.1 Å². The maximum absolute atomic E-state index is 12.7. The van der Waals surface area contributed by atoms with Crippen LogP contribution in [-0.2, 0) is 10.0 Å². The molecule has 1 saturated heterocycles. The Morgan fingerprint density at radius 3 is 2.82 bits per heavy atom. The molecule has 1 aliphatic heterocycles. The Hall–Kier alpha value is -1.52. The summed E-state index contributed by atoms with van der Waals surface area (Å²) in [5, 5.41) is 7.43. The van der Waals surface area contributed by atoms with Crippen LogP contribution in [0.1, 0.15) is 37.5 Å². The van der Waals surface area contributed by atoms with Crippen LogP contribution in [0.3, 0.4) is 0 Å². The normalized spacial score (nSPS) is 21.5. The van der Waals surface area contributed by atoms with Crippen LogP contribution in [0.4, 0.5) is 0 Å². The second-order valence-corrected chi connectivity index (χ2v) is 9.00. The van der Waals surface area contributed by atoms with Gasteiger partial charge in [-0.15, -0.1) is 12.4 Å². The van der Waals surface area contributed by atoms with Crippen molar-refractivity contribution in [1.29, 1.82) is 0 Å². The third-order valence-electron chi connectivity index (χ3n) is 5.32. The van der Waals surface area contributed by atoms with E-state index in [2.05, 4.69) is 25.1 Å². The molecule has 0 bridgehead atoms. The van der Waals surface area contributed by atoms with Crippen molar-refractivity contribution in [3.8, 4) is 11.5 Å². The number of benzene rings is 1. The van der Waals surface area contributed by atoms with Crippen LogP contribution >= 0.6 is 12.4 Å².